The first kappa shape index (κ1) is 18.9. The van der Waals surface area contributed by atoms with Crippen molar-refractivity contribution in [3.63, 3.8) is 0 Å². The number of anilines is 1. The van der Waals surface area contributed by atoms with E-state index >= 15 is 0 Å². The Bertz CT molecular complexity index is 975. The largest absolute Gasteiger partial charge is 0.497 e. The van der Waals surface area contributed by atoms with E-state index in [1.807, 2.05) is 29.2 Å². The van der Waals surface area contributed by atoms with Gasteiger partial charge in [-0.1, -0.05) is 0 Å². The van der Waals surface area contributed by atoms with Crippen LogP contribution in [0.5, 0.6) is 5.75 Å². The molecule has 8 heteroatoms. The molecule has 0 radical (unpaired) electrons. The normalized spacial score (nSPS) is 17.1. The van der Waals surface area contributed by atoms with Crippen LogP contribution in [0.3, 0.4) is 0 Å². The molecule has 1 atom stereocenters. The molecular weight excluding hydrogens is 368 g/mol. The van der Waals surface area contributed by atoms with Crippen LogP contribution in [-0.2, 0) is 0 Å². The van der Waals surface area contributed by atoms with Crippen molar-refractivity contribution in [1.29, 1.82) is 0 Å². The average Bonchev–Trinajstić information content (AvgIpc) is 3.23. The summed E-state index contributed by atoms with van der Waals surface area (Å²) in [6.07, 6.45) is 7.74. The van der Waals surface area contributed by atoms with Crippen molar-refractivity contribution in [2.45, 2.75) is 19.4 Å². The summed E-state index contributed by atoms with van der Waals surface area (Å²) in [4.78, 5) is 26.4. The number of rotatable bonds is 4. The molecule has 0 spiro atoms. The minimum absolute atomic E-state index is 0.0310. The summed E-state index contributed by atoms with van der Waals surface area (Å²) >= 11 is 0. The van der Waals surface area contributed by atoms with Crippen LogP contribution in [0.2, 0.25) is 0 Å². The van der Waals surface area contributed by atoms with Gasteiger partial charge in [-0.25, -0.2) is 14.6 Å². The second-order valence-electron chi connectivity index (χ2n) is 7.00. The van der Waals surface area contributed by atoms with Crippen LogP contribution < -0.4 is 9.64 Å². The zero-order chi connectivity index (χ0) is 20.2. The summed E-state index contributed by atoms with van der Waals surface area (Å²) in [5.74, 6) is 2.16. The van der Waals surface area contributed by atoms with Gasteiger partial charge in [0, 0.05) is 56.5 Å². The van der Waals surface area contributed by atoms with Crippen LogP contribution in [0.25, 0.3) is 5.82 Å². The van der Waals surface area contributed by atoms with Gasteiger partial charge in [0.05, 0.1) is 12.7 Å². The fourth-order valence-corrected chi connectivity index (χ4v) is 3.58. The third kappa shape index (κ3) is 3.91. The number of pyridine rings is 2. The van der Waals surface area contributed by atoms with Crippen molar-refractivity contribution in [3.05, 3.63) is 60.7 Å². The van der Waals surface area contributed by atoms with Gasteiger partial charge in [0.25, 0.3) is 5.91 Å². The van der Waals surface area contributed by atoms with Crippen molar-refractivity contribution in [1.82, 2.24) is 24.6 Å². The predicted molar refractivity (Wildman–Crippen MR) is 109 cm³/mol. The van der Waals surface area contributed by atoms with Crippen LogP contribution in [-0.4, -0.2) is 63.3 Å². The van der Waals surface area contributed by atoms with Crippen LogP contribution in [0, 0.1) is 0 Å². The van der Waals surface area contributed by atoms with Crippen molar-refractivity contribution in [2.75, 3.05) is 31.6 Å². The molecule has 0 aliphatic carbocycles. The van der Waals surface area contributed by atoms with Gasteiger partial charge in [-0.15, -0.1) is 0 Å². The molecule has 29 heavy (non-hydrogen) atoms. The summed E-state index contributed by atoms with van der Waals surface area (Å²) in [5, 5.41) is 4.24. The van der Waals surface area contributed by atoms with Crippen molar-refractivity contribution in [3.8, 4) is 11.6 Å². The van der Waals surface area contributed by atoms with Gasteiger partial charge in [-0.05, 0) is 37.6 Å². The van der Waals surface area contributed by atoms with Crippen LogP contribution >= 0.6 is 0 Å². The van der Waals surface area contributed by atoms with E-state index < -0.39 is 0 Å². The van der Waals surface area contributed by atoms with E-state index in [-0.39, 0.29) is 11.9 Å². The maximum Gasteiger partial charge on any atom is 0.257 e. The van der Waals surface area contributed by atoms with Gasteiger partial charge in [0.15, 0.2) is 5.82 Å². The molecule has 0 aromatic carbocycles. The molecule has 1 aliphatic rings. The molecule has 1 aliphatic heterocycles. The molecule has 0 saturated carbocycles. The summed E-state index contributed by atoms with van der Waals surface area (Å²) in [5.41, 5.74) is 0.552. The highest BCUT2D eigenvalue weighted by Gasteiger charge is 2.28. The van der Waals surface area contributed by atoms with Gasteiger partial charge in [0.2, 0.25) is 0 Å². The Labute approximate surface area is 169 Å². The number of amides is 1. The molecule has 1 saturated heterocycles. The highest BCUT2D eigenvalue weighted by atomic mass is 16.5. The minimum Gasteiger partial charge on any atom is -0.497 e. The van der Waals surface area contributed by atoms with Gasteiger partial charge in [0.1, 0.15) is 11.6 Å². The first-order valence-electron chi connectivity index (χ1n) is 9.68. The Hall–Kier alpha value is -3.42. The minimum atomic E-state index is -0.0310. The fraction of sp³-hybridized carbons (Fsp3) is 0.333. The quantitative estimate of drug-likeness (QED) is 0.679. The molecule has 3 aromatic rings. The first-order chi connectivity index (χ1) is 14.2. The monoisotopic (exact) mass is 392 g/mol. The number of carbonyl (C=O) groups excluding carboxylic acids is 1. The molecule has 4 heterocycles. The lowest BCUT2D eigenvalue weighted by Gasteiger charge is -2.27. The van der Waals surface area contributed by atoms with Crippen LogP contribution in [0.15, 0.2) is 55.1 Å². The second kappa shape index (κ2) is 8.30. The van der Waals surface area contributed by atoms with E-state index in [1.54, 1.807) is 42.6 Å². The summed E-state index contributed by atoms with van der Waals surface area (Å²) in [6.45, 7) is 4.22. The molecule has 1 amide bonds. The lowest BCUT2D eigenvalue weighted by Crippen LogP contribution is -2.40. The highest BCUT2D eigenvalue weighted by Crippen LogP contribution is 2.23. The van der Waals surface area contributed by atoms with E-state index in [2.05, 4.69) is 26.9 Å². The molecule has 0 bridgehead atoms. The number of ether oxygens (including phenoxy) is 1. The molecule has 8 nitrogen and oxygen atoms in total. The molecule has 0 unspecified atom stereocenters. The molecule has 150 valence electrons. The maximum atomic E-state index is 13.4. The van der Waals surface area contributed by atoms with Crippen molar-refractivity contribution < 1.29 is 9.53 Å². The van der Waals surface area contributed by atoms with Crippen molar-refractivity contribution in [2.24, 2.45) is 0 Å². The van der Waals surface area contributed by atoms with E-state index in [9.17, 15) is 4.79 Å². The lowest BCUT2D eigenvalue weighted by atomic mass is 10.1. The third-order valence-corrected chi connectivity index (χ3v) is 5.24. The van der Waals surface area contributed by atoms with Gasteiger partial charge >= 0.3 is 0 Å². The molecule has 0 N–H and O–H groups in total. The molecular formula is C21H24N6O2. The summed E-state index contributed by atoms with van der Waals surface area (Å²) in [6, 6.07) is 9.28. The number of hydrogen-bond acceptors (Lipinski definition) is 6. The first-order valence-corrected chi connectivity index (χ1v) is 9.68. The Kier molecular flexibility index (Phi) is 5.41. The Morgan fingerprint density at radius 3 is 2.79 bits per heavy atom. The molecule has 4 rings (SSSR count). The molecule has 1 fully saturated rings. The third-order valence-electron chi connectivity index (χ3n) is 5.24. The van der Waals surface area contributed by atoms with Crippen LogP contribution in [0.4, 0.5) is 5.82 Å². The van der Waals surface area contributed by atoms with E-state index in [0.717, 1.165) is 24.5 Å². The predicted octanol–water partition coefficient (Wildman–Crippen LogP) is 2.41. The average molecular weight is 392 g/mol. The standard InChI is InChI=1S/C21H24N6O2/c1-16-7-12-25(19-15-17(29-2)6-10-22-19)13-14-26(16)21(28)18-5-3-8-23-20(18)27-11-4-9-24-27/h3-6,8-11,15-16H,7,12-14H2,1-2H3/t16-/m1/s1. The zero-order valence-electron chi connectivity index (χ0n) is 16.6. The lowest BCUT2D eigenvalue weighted by molar-refractivity contribution is 0.0704. The number of aromatic nitrogens is 4. The number of hydrogen-bond donors (Lipinski definition) is 0. The van der Waals surface area contributed by atoms with Crippen molar-refractivity contribution >= 4 is 11.7 Å². The maximum absolute atomic E-state index is 13.4. The van der Waals surface area contributed by atoms with E-state index in [4.69, 9.17) is 4.74 Å². The highest BCUT2D eigenvalue weighted by molar-refractivity contribution is 5.97. The Balaban J connectivity index is 1.56. The number of nitrogens with zero attached hydrogens (tertiary/aromatic N) is 6. The second-order valence-corrected chi connectivity index (χ2v) is 7.00. The SMILES string of the molecule is COc1ccnc(N2CC[C@@H](C)N(C(=O)c3cccnc3-n3cccn3)CC2)c1. The van der Waals surface area contributed by atoms with Gasteiger partial charge < -0.3 is 14.5 Å². The fourth-order valence-electron chi connectivity index (χ4n) is 3.58. The van der Waals surface area contributed by atoms with E-state index in [0.29, 0.717) is 24.5 Å². The van der Waals surface area contributed by atoms with E-state index in [1.165, 1.54) is 0 Å². The topological polar surface area (TPSA) is 76.4 Å². The van der Waals surface area contributed by atoms with Crippen LogP contribution in [0.1, 0.15) is 23.7 Å². The smallest absolute Gasteiger partial charge is 0.257 e. The molecule has 3 aromatic heterocycles. The Morgan fingerprint density at radius 2 is 2.00 bits per heavy atom. The summed E-state index contributed by atoms with van der Waals surface area (Å²) < 4.78 is 6.94. The zero-order valence-corrected chi connectivity index (χ0v) is 16.6. The number of carbonyl (C=O) groups is 1. The van der Waals surface area contributed by atoms with Gasteiger partial charge in [-0.3, -0.25) is 4.79 Å². The summed E-state index contributed by atoms with van der Waals surface area (Å²) in [7, 11) is 1.65. The number of methoxy groups -OCH3 is 1. The Morgan fingerprint density at radius 1 is 1.10 bits per heavy atom. The van der Waals surface area contributed by atoms with Gasteiger partial charge in [-0.2, -0.15) is 5.10 Å².